The van der Waals surface area contributed by atoms with Crippen LogP contribution >= 0.6 is 0 Å². The number of aromatic hydroxyl groups is 1. The highest BCUT2D eigenvalue weighted by Gasteiger charge is 2.44. The van der Waals surface area contributed by atoms with Crippen LogP contribution in [0.3, 0.4) is 0 Å². The van der Waals surface area contributed by atoms with Crippen LogP contribution in [0.1, 0.15) is 31.9 Å². The average molecular weight is 423 g/mol. The predicted molar refractivity (Wildman–Crippen MR) is 135 cm³/mol. The van der Waals surface area contributed by atoms with Crippen LogP contribution < -0.4 is 20.7 Å². The van der Waals surface area contributed by atoms with Crippen molar-refractivity contribution >= 4 is 28.8 Å². The van der Waals surface area contributed by atoms with E-state index in [1.54, 1.807) is 0 Å². The topological polar surface area (TPSA) is 20.2 Å². The number of aryl methyl sites for hydroxylation is 1. The van der Waals surface area contributed by atoms with Crippen LogP contribution in [0, 0.1) is 6.92 Å². The Labute approximate surface area is 187 Å². The predicted octanol–water partition coefficient (Wildman–Crippen LogP) is 4.38. The Morgan fingerprint density at radius 1 is 0.613 bits per heavy atom. The highest BCUT2D eigenvalue weighted by molar-refractivity contribution is 7.20. The van der Waals surface area contributed by atoms with Crippen LogP contribution in [0.15, 0.2) is 103 Å². The van der Waals surface area contributed by atoms with Gasteiger partial charge in [-0.25, -0.2) is 0 Å². The highest BCUT2D eigenvalue weighted by Crippen LogP contribution is 2.28. The van der Waals surface area contributed by atoms with E-state index in [4.69, 9.17) is 0 Å². The molecular weight excluding hydrogens is 392 g/mol. The summed E-state index contributed by atoms with van der Waals surface area (Å²) in [5, 5.41) is 16.4. The number of phenolic OH excluding ortho intramolecular Hbond substituents is 1. The fourth-order valence-electron chi connectivity index (χ4n) is 4.53. The highest BCUT2D eigenvalue weighted by atomic mass is 28.3. The third kappa shape index (κ3) is 3.73. The van der Waals surface area contributed by atoms with Crippen molar-refractivity contribution in [2.24, 2.45) is 0 Å². The molecule has 156 valence electrons. The smallest absolute Gasteiger partial charge is 0.183 e. The summed E-state index contributed by atoms with van der Waals surface area (Å²) in [4.78, 5) is 0. The van der Waals surface area contributed by atoms with Crippen molar-refractivity contribution < 1.29 is 5.11 Å². The second-order valence-electron chi connectivity index (χ2n) is 9.29. The molecule has 0 radical (unpaired) electrons. The van der Waals surface area contributed by atoms with Gasteiger partial charge in [0.05, 0.1) is 0 Å². The largest absolute Gasteiger partial charge is 0.508 e. The molecular formula is C29H30OSi. The summed E-state index contributed by atoms with van der Waals surface area (Å²) >= 11 is 0. The normalized spacial score (nSPS) is 12.0. The standard InChI is InChI=1S/C29H30OSi/c1-22-20-23(29(2,3)4)21-27(28(22)30)31(24-14-8-5-9-15-24,25-16-10-6-11-17-25)26-18-12-7-13-19-26/h5-21,30H,1-4H3. The number of benzene rings is 4. The molecule has 0 spiro atoms. The van der Waals surface area contributed by atoms with E-state index in [-0.39, 0.29) is 5.41 Å². The first-order valence-electron chi connectivity index (χ1n) is 10.9. The number of phenols is 1. The van der Waals surface area contributed by atoms with Crippen molar-refractivity contribution in [1.29, 1.82) is 0 Å². The molecule has 1 nitrogen and oxygen atoms in total. The van der Waals surface area contributed by atoms with Crippen molar-refractivity contribution in [3.63, 3.8) is 0 Å². The molecule has 0 unspecified atom stereocenters. The van der Waals surface area contributed by atoms with E-state index in [0.29, 0.717) is 5.75 Å². The Morgan fingerprint density at radius 3 is 1.35 bits per heavy atom. The molecule has 4 rings (SSSR count). The molecule has 0 aliphatic rings. The monoisotopic (exact) mass is 422 g/mol. The summed E-state index contributed by atoms with van der Waals surface area (Å²) in [7, 11) is -2.74. The molecule has 0 saturated heterocycles. The Bertz CT molecular complexity index is 1060. The van der Waals surface area contributed by atoms with Gasteiger partial charge in [-0.2, -0.15) is 0 Å². The Morgan fingerprint density at radius 2 is 1.00 bits per heavy atom. The van der Waals surface area contributed by atoms with Crippen molar-refractivity contribution in [2.45, 2.75) is 33.1 Å². The molecule has 4 aromatic rings. The zero-order chi connectivity index (χ0) is 22.1. The molecule has 0 aliphatic carbocycles. The van der Waals surface area contributed by atoms with Crippen molar-refractivity contribution in [1.82, 2.24) is 0 Å². The molecule has 0 saturated carbocycles. The lowest BCUT2D eigenvalue weighted by atomic mass is 9.86. The lowest BCUT2D eigenvalue weighted by Gasteiger charge is -2.36. The van der Waals surface area contributed by atoms with Crippen LogP contribution in [-0.2, 0) is 5.41 Å². The van der Waals surface area contributed by atoms with Gasteiger partial charge in [0.25, 0.3) is 0 Å². The first kappa shape index (κ1) is 21.1. The van der Waals surface area contributed by atoms with E-state index in [1.807, 2.05) is 6.92 Å². The molecule has 0 fully saturated rings. The number of rotatable bonds is 4. The number of hydrogen-bond acceptors (Lipinski definition) is 1. The lowest BCUT2D eigenvalue weighted by molar-refractivity contribution is 0.474. The van der Waals surface area contributed by atoms with E-state index in [0.717, 1.165) is 10.8 Å². The van der Waals surface area contributed by atoms with Crippen LogP contribution in [0.5, 0.6) is 5.75 Å². The summed E-state index contributed by atoms with van der Waals surface area (Å²) in [6.45, 7) is 8.73. The average Bonchev–Trinajstić information content (AvgIpc) is 2.78. The zero-order valence-electron chi connectivity index (χ0n) is 18.8. The van der Waals surface area contributed by atoms with E-state index in [2.05, 4.69) is 124 Å². The molecule has 0 heterocycles. The minimum Gasteiger partial charge on any atom is -0.508 e. The van der Waals surface area contributed by atoms with Gasteiger partial charge in [-0.1, -0.05) is 124 Å². The molecule has 0 bridgehead atoms. The molecule has 0 aromatic heterocycles. The van der Waals surface area contributed by atoms with Crippen LogP contribution in [0.4, 0.5) is 0 Å². The first-order valence-corrected chi connectivity index (χ1v) is 12.9. The van der Waals surface area contributed by atoms with Gasteiger partial charge in [-0.3, -0.25) is 0 Å². The van der Waals surface area contributed by atoms with E-state index in [1.165, 1.54) is 21.1 Å². The van der Waals surface area contributed by atoms with Crippen molar-refractivity contribution in [3.8, 4) is 5.75 Å². The summed E-state index contributed by atoms with van der Waals surface area (Å²) in [5.74, 6) is 0.413. The van der Waals surface area contributed by atoms with Crippen molar-refractivity contribution in [3.05, 3.63) is 114 Å². The maximum absolute atomic E-state index is 11.5. The number of hydrogen-bond donors (Lipinski definition) is 1. The maximum Gasteiger partial charge on any atom is 0.183 e. The fraction of sp³-hybridized carbons (Fsp3) is 0.172. The fourth-order valence-corrected chi connectivity index (χ4v) is 9.46. The van der Waals surface area contributed by atoms with Crippen molar-refractivity contribution in [2.75, 3.05) is 0 Å². The quantitative estimate of drug-likeness (QED) is 0.382. The van der Waals surface area contributed by atoms with Gasteiger partial charge in [0, 0.05) is 0 Å². The molecule has 0 amide bonds. The van der Waals surface area contributed by atoms with Gasteiger partial charge >= 0.3 is 0 Å². The van der Waals surface area contributed by atoms with Gasteiger partial charge in [0.1, 0.15) is 5.75 Å². The molecule has 4 aromatic carbocycles. The Kier molecular flexibility index (Phi) is 5.59. The summed E-state index contributed by atoms with van der Waals surface area (Å²) in [6, 6.07) is 36.6. The van der Waals surface area contributed by atoms with Crippen LogP contribution in [0.25, 0.3) is 0 Å². The Balaban J connectivity index is 2.21. The van der Waals surface area contributed by atoms with E-state index in [9.17, 15) is 5.11 Å². The van der Waals surface area contributed by atoms with Gasteiger partial charge in [-0.15, -0.1) is 0 Å². The zero-order valence-corrected chi connectivity index (χ0v) is 19.8. The van der Waals surface area contributed by atoms with E-state index >= 15 is 0 Å². The molecule has 0 atom stereocenters. The van der Waals surface area contributed by atoms with Crippen LogP contribution in [0.2, 0.25) is 0 Å². The van der Waals surface area contributed by atoms with Crippen LogP contribution in [-0.4, -0.2) is 13.2 Å². The maximum atomic E-state index is 11.5. The first-order chi connectivity index (χ1) is 14.8. The second-order valence-corrected chi connectivity index (χ2v) is 13.1. The summed E-state index contributed by atoms with van der Waals surface area (Å²) < 4.78 is 0. The third-order valence-corrected chi connectivity index (χ3v) is 11.0. The van der Waals surface area contributed by atoms with Gasteiger partial charge in [0.2, 0.25) is 0 Å². The molecule has 1 N–H and O–H groups in total. The molecule has 31 heavy (non-hydrogen) atoms. The lowest BCUT2D eigenvalue weighted by Crippen LogP contribution is -2.74. The SMILES string of the molecule is Cc1cc(C(C)(C)C)cc([Si](c2ccccc2)(c2ccccc2)c2ccccc2)c1O. The minimum absolute atomic E-state index is 0.0165. The van der Waals surface area contributed by atoms with Gasteiger partial charge in [-0.05, 0) is 44.2 Å². The summed E-state index contributed by atoms with van der Waals surface area (Å²) in [5.41, 5.74) is 2.16. The minimum atomic E-state index is -2.74. The second kappa shape index (κ2) is 8.20. The van der Waals surface area contributed by atoms with Gasteiger partial charge < -0.3 is 5.11 Å². The summed E-state index contributed by atoms with van der Waals surface area (Å²) in [6.07, 6.45) is 0. The molecule has 2 heteroatoms. The third-order valence-electron chi connectivity index (χ3n) is 6.19. The molecule has 0 aliphatic heterocycles. The Hall–Kier alpha value is -3.10. The van der Waals surface area contributed by atoms with E-state index < -0.39 is 8.07 Å². The van der Waals surface area contributed by atoms with Gasteiger partial charge in [0.15, 0.2) is 8.07 Å².